The lowest BCUT2D eigenvalue weighted by Gasteiger charge is -2.49. The number of carbonyl (C=O) groups is 1. The van der Waals surface area contributed by atoms with Crippen molar-refractivity contribution in [3.63, 3.8) is 0 Å². The molecule has 5 rings (SSSR count). The molecule has 1 spiro atoms. The van der Waals surface area contributed by atoms with Crippen molar-refractivity contribution in [3.05, 3.63) is 53.1 Å². The molecule has 1 aromatic carbocycles. The van der Waals surface area contributed by atoms with Crippen LogP contribution in [-0.2, 0) is 9.53 Å². The van der Waals surface area contributed by atoms with E-state index in [0.29, 0.717) is 11.7 Å². The van der Waals surface area contributed by atoms with E-state index in [2.05, 4.69) is 56.3 Å². The maximum Gasteiger partial charge on any atom is 0.170 e. The second-order valence-corrected chi connectivity index (χ2v) is 8.30. The summed E-state index contributed by atoms with van der Waals surface area (Å²) >= 11 is 0. The molecule has 2 aliphatic carbocycles. The zero-order chi connectivity index (χ0) is 16.5. The molecule has 2 aliphatic heterocycles. The monoisotopic (exact) mass is 320 g/mol. The Morgan fingerprint density at radius 1 is 1.17 bits per heavy atom. The van der Waals surface area contributed by atoms with Crippen LogP contribution >= 0.6 is 0 Å². The van der Waals surface area contributed by atoms with Crippen molar-refractivity contribution >= 4 is 11.9 Å². The smallest absolute Gasteiger partial charge is 0.170 e. The summed E-state index contributed by atoms with van der Waals surface area (Å²) in [6.07, 6.45) is 10.9. The topological polar surface area (TPSA) is 26.3 Å². The first-order valence-electron chi connectivity index (χ1n) is 9.24. The maximum absolute atomic E-state index is 13.0. The molecule has 2 saturated heterocycles. The van der Waals surface area contributed by atoms with Crippen LogP contribution in [0, 0.1) is 24.2 Å². The molecule has 4 aliphatic rings. The molecule has 0 N–H and O–H groups in total. The number of Topliss-reactive ketones (excluding diaryl/α,β-unsaturated/α-hetero) is 1. The molecule has 2 nitrogen and oxygen atoms in total. The number of rotatable bonds is 1. The van der Waals surface area contributed by atoms with Crippen LogP contribution in [0.25, 0.3) is 6.08 Å². The van der Waals surface area contributed by atoms with Crippen molar-refractivity contribution in [2.24, 2.45) is 17.3 Å². The van der Waals surface area contributed by atoms with Gasteiger partial charge in [-0.15, -0.1) is 0 Å². The fourth-order valence-corrected chi connectivity index (χ4v) is 5.80. The van der Waals surface area contributed by atoms with Gasteiger partial charge in [-0.05, 0) is 37.8 Å². The van der Waals surface area contributed by atoms with Crippen molar-refractivity contribution < 1.29 is 9.53 Å². The summed E-state index contributed by atoms with van der Waals surface area (Å²) < 4.78 is 6.49. The third-order valence-electron chi connectivity index (χ3n) is 7.07. The highest BCUT2D eigenvalue weighted by Crippen LogP contribution is 2.67. The minimum absolute atomic E-state index is 0.210. The number of aryl methyl sites for hydroxylation is 1. The Morgan fingerprint density at radius 3 is 2.71 bits per heavy atom. The quantitative estimate of drug-likeness (QED) is 0.762. The van der Waals surface area contributed by atoms with Gasteiger partial charge in [-0.2, -0.15) is 0 Å². The number of hydrogen-bond acceptors (Lipinski definition) is 2. The second-order valence-electron chi connectivity index (χ2n) is 8.30. The highest BCUT2D eigenvalue weighted by atomic mass is 16.5. The first-order chi connectivity index (χ1) is 11.6. The van der Waals surface area contributed by atoms with Crippen LogP contribution in [0.1, 0.15) is 43.7 Å². The van der Waals surface area contributed by atoms with E-state index in [1.807, 2.05) is 0 Å². The van der Waals surface area contributed by atoms with E-state index in [4.69, 9.17) is 4.74 Å². The maximum atomic E-state index is 13.0. The van der Waals surface area contributed by atoms with E-state index in [1.165, 1.54) is 23.1 Å². The van der Waals surface area contributed by atoms with Gasteiger partial charge in [-0.1, -0.05) is 60.9 Å². The summed E-state index contributed by atoms with van der Waals surface area (Å²) in [5, 5.41) is 0. The Balaban J connectivity index is 1.59. The number of allylic oxidation sites excluding steroid dienone is 1. The molecule has 2 heteroatoms. The lowest BCUT2D eigenvalue weighted by atomic mass is 9.52. The molecule has 124 valence electrons. The summed E-state index contributed by atoms with van der Waals surface area (Å²) in [4.78, 5) is 13.0. The standard InChI is InChI=1S/C22H24O2/c1-14-5-7-15(8-6-14)13-16-9-10-17-18(16)22-12-4-3-11-21(22,2)20(23)19(17)24-22/h5-10,13,17-19H,3-4,11-12H2,1-2H3/b16-13+/t17-,18+,19-,21-,22+/m1/s1. The predicted octanol–water partition coefficient (Wildman–Crippen LogP) is 4.48. The van der Waals surface area contributed by atoms with Crippen LogP contribution < -0.4 is 0 Å². The minimum atomic E-state index is -0.282. The molecule has 0 aromatic heterocycles. The van der Waals surface area contributed by atoms with Gasteiger partial charge in [-0.3, -0.25) is 4.79 Å². The number of benzene rings is 1. The summed E-state index contributed by atoms with van der Waals surface area (Å²) in [5.41, 5.74) is 3.33. The second kappa shape index (κ2) is 4.70. The molecular weight excluding hydrogens is 296 g/mol. The fraction of sp³-hybridized carbons (Fsp3) is 0.500. The molecule has 3 fully saturated rings. The Morgan fingerprint density at radius 2 is 1.92 bits per heavy atom. The van der Waals surface area contributed by atoms with Gasteiger partial charge < -0.3 is 4.74 Å². The first-order valence-corrected chi connectivity index (χ1v) is 9.24. The molecule has 1 saturated carbocycles. The van der Waals surface area contributed by atoms with E-state index in [0.717, 1.165) is 19.3 Å². The highest BCUT2D eigenvalue weighted by Gasteiger charge is 2.74. The van der Waals surface area contributed by atoms with Gasteiger partial charge >= 0.3 is 0 Å². The van der Waals surface area contributed by atoms with Crippen molar-refractivity contribution in [2.45, 2.75) is 51.2 Å². The van der Waals surface area contributed by atoms with E-state index in [1.54, 1.807) is 0 Å². The van der Waals surface area contributed by atoms with E-state index in [-0.39, 0.29) is 23.0 Å². The third kappa shape index (κ3) is 1.63. The Bertz CT molecular complexity index is 772. The van der Waals surface area contributed by atoms with Gasteiger partial charge in [0.1, 0.15) is 6.10 Å². The fourth-order valence-electron chi connectivity index (χ4n) is 5.80. The molecule has 0 unspecified atom stereocenters. The van der Waals surface area contributed by atoms with Gasteiger partial charge in [0.25, 0.3) is 0 Å². The van der Waals surface area contributed by atoms with E-state index >= 15 is 0 Å². The van der Waals surface area contributed by atoms with Crippen molar-refractivity contribution in [3.8, 4) is 0 Å². The number of hydrogen-bond donors (Lipinski definition) is 0. The van der Waals surface area contributed by atoms with Crippen LogP contribution in [0.5, 0.6) is 0 Å². The Labute approximate surface area is 143 Å². The van der Waals surface area contributed by atoms with E-state index in [9.17, 15) is 4.79 Å². The van der Waals surface area contributed by atoms with Crippen LogP contribution in [-0.4, -0.2) is 17.5 Å². The number of ether oxygens (including phenoxy) is 1. The largest absolute Gasteiger partial charge is 0.362 e. The Kier molecular flexibility index (Phi) is 2.87. The van der Waals surface area contributed by atoms with Crippen LogP contribution in [0.2, 0.25) is 0 Å². The van der Waals surface area contributed by atoms with Crippen LogP contribution in [0.15, 0.2) is 42.0 Å². The lowest BCUT2D eigenvalue weighted by Crippen LogP contribution is -2.56. The minimum Gasteiger partial charge on any atom is -0.362 e. The first kappa shape index (κ1) is 14.7. The molecule has 2 bridgehead atoms. The molecule has 24 heavy (non-hydrogen) atoms. The zero-order valence-corrected chi connectivity index (χ0v) is 14.4. The molecule has 0 radical (unpaired) electrons. The average Bonchev–Trinajstić information content (AvgIpc) is 3.19. The van der Waals surface area contributed by atoms with Gasteiger partial charge in [0.05, 0.1) is 11.0 Å². The normalized spacial score (nSPS) is 44.2. The third-order valence-corrected chi connectivity index (χ3v) is 7.07. The number of fused-ring (bicyclic) bond motifs is 3. The molecule has 1 aromatic rings. The average molecular weight is 320 g/mol. The molecular formula is C22H24O2. The highest BCUT2D eigenvalue weighted by molar-refractivity contribution is 5.95. The van der Waals surface area contributed by atoms with E-state index < -0.39 is 0 Å². The SMILES string of the molecule is Cc1ccc(/C=C2\C=C[C@H]3[C@H]4O[C@@]5(CCCC[C@]5(C)C4=O)[C@@H]23)cc1. The summed E-state index contributed by atoms with van der Waals surface area (Å²) in [5.74, 6) is 0.969. The molecule has 2 heterocycles. The lowest BCUT2D eigenvalue weighted by molar-refractivity contribution is -0.135. The van der Waals surface area contributed by atoms with Crippen molar-refractivity contribution in [1.82, 2.24) is 0 Å². The van der Waals surface area contributed by atoms with Gasteiger partial charge in [-0.25, -0.2) is 0 Å². The van der Waals surface area contributed by atoms with Crippen molar-refractivity contribution in [2.75, 3.05) is 0 Å². The number of carbonyl (C=O) groups excluding carboxylic acids is 1. The number of ketones is 1. The van der Waals surface area contributed by atoms with Crippen molar-refractivity contribution in [1.29, 1.82) is 0 Å². The van der Waals surface area contributed by atoms with Gasteiger partial charge in [0, 0.05) is 11.8 Å². The van der Waals surface area contributed by atoms with Crippen LogP contribution in [0.4, 0.5) is 0 Å². The molecule has 5 atom stereocenters. The molecule has 0 amide bonds. The Hall–Kier alpha value is -1.67. The zero-order valence-electron chi connectivity index (χ0n) is 14.4. The summed E-state index contributed by atoms with van der Waals surface area (Å²) in [6.45, 7) is 4.29. The van der Waals surface area contributed by atoms with Gasteiger partial charge in [0.2, 0.25) is 0 Å². The van der Waals surface area contributed by atoms with Crippen LogP contribution in [0.3, 0.4) is 0 Å². The van der Waals surface area contributed by atoms with Gasteiger partial charge in [0.15, 0.2) is 5.78 Å². The predicted molar refractivity (Wildman–Crippen MR) is 94.5 cm³/mol. The summed E-state index contributed by atoms with van der Waals surface area (Å²) in [7, 11) is 0. The summed E-state index contributed by atoms with van der Waals surface area (Å²) in [6, 6.07) is 8.68.